The van der Waals surface area contributed by atoms with Crippen molar-refractivity contribution in [1.29, 1.82) is 0 Å². The molecule has 7 heteroatoms. The van der Waals surface area contributed by atoms with E-state index in [0.717, 1.165) is 22.9 Å². The van der Waals surface area contributed by atoms with Crippen LogP contribution in [0.2, 0.25) is 0 Å². The predicted octanol–water partition coefficient (Wildman–Crippen LogP) is 4.32. The number of aliphatic hydroxyl groups excluding tert-OH is 1. The van der Waals surface area contributed by atoms with E-state index < -0.39 is 0 Å². The minimum Gasteiger partial charge on any atom is -0.493 e. The molecule has 0 spiro atoms. The summed E-state index contributed by atoms with van der Waals surface area (Å²) in [4.78, 5) is 4.44. The molecule has 1 saturated carbocycles. The maximum absolute atomic E-state index is 9.23. The molecular weight excluding hydrogens is 380 g/mol. The molecule has 0 radical (unpaired) electrons. The van der Waals surface area contributed by atoms with Gasteiger partial charge in [0.25, 0.3) is 0 Å². The molecule has 2 aromatic carbocycles. The first kappa shape index (κ1) is 20.1. The summed E-state index contributed by atoms with van der Waals surface area (Å²) in [6.07, 6.45) is 4.34. The number of hydrogen-bond donors (Lipinski definition) is 1. The number of ether oxygens (including phenoxy) is 1. The van der Waals surface area contributed by atoms with Gasteiger partial charge in [0.2, 0.25) is 5.89 Å². The van der Waals surface area contributed by atoms with Crippen molar-refractivity contribution >= 4 is 11.1 Å². The minimum atomic E-state index is -0.0557. The van der Waals surface area contributed by atoms with Crippen LogP contribution in [0.4, 0.5) is 0 Å². The molecule has 7 nitrogen and oxygen atoms in total. The Morgan fingerprint density at radius 1 is 1.20 bits per heavy atom. The number of rotatable bonds is 4. The fraction of sp³-hybridized carbons (Fsp3) is 0.348. The van der Waals surface area contributed by atoms with Crippen LogP contribution < -0.4 is 4.74 Å². The highest BCUT2D eigenvalue weighted by molar-refractivity contribution is 5.82. The number of aliphatic hydroxyl groups is 1. The van der Waals surface area contributed by atoms with Crippen molar-refractivity contribution < 1.29 is 14.3 Å². The molecule has 2 heterocycles. The lowest BCUT2D eigenvalue weighted by Gasteiger charge is -2.31. The number of aromatic nitrogens is 4. The van der Waals surface area contributed by atoms with Crippen molar-refractivity contribution in [2.45, 2.75) is 32.3 Å². The number of methoxy groups -OCH3 is 1. The Balaban J connectivity index is 0.000000168. The summed E-state index contributed by atoms with van der Waals surface area (Å²) in [5.41, 5.74) is 2.93. The van der Waals surface area contributed by atoms with E-state index in [1.807, 2.05) is 41.9 Å². The maximum atomic E-state index is 9.23. The van der Waals surface area contributed by atoms with E-state index in [1.165, 1.54) is 12.8 Å². The second kappa shape index (κ2) is 8.67. The van der Waals surface area contributed by atoms with Gasteiger partial charge in [-0.2, -0.15) is 0 Å². The molecule has 1 aliphatic rings. The molecule has 4 aromatic rings. The summed E-state index contributed by atoms with van der Waals surface area (Å²) in [5, 5.41) is 17.2. The van der Waals surface area contributed by atoms with Gasteiger partial charge in [-0.25, -0.2) is 4.98 Å². The Labute approximate surface area is 175 Å². The van der Waals surface area contributed by atoms with Crippen LogP contribution in [0.3, 0.4) is 0 Å². The summed E-state index contributed by atoms with van der Waals surface area (Å²) >= 11 is 0. The lowest BCUT2D eigenvalue weighted by molar-refractivity contribution is 0.273. The summed E-state index contributed by atoms with van der Waals surface area (Å²) < 4.78 is 13.1. The average molecular weight is 406 g/mol. The first-order chi connectivity index (χ1) is 14.6. The Morgan fingerprint density at radius 3 is 2.57 bits per heavy atom. The molecule has 0 aliphatic heterocycles. The molecule has 0 bridgehead atoms. The molecule has 1 fully saturated rings. The zero-order valence-electron chi connectivity index (χ0n) is 17.4. The molecule has 30 heavy (non-hydrogen) atoms. The van der Waals surface area contributed by atoms with Crippen LogP contribution in [-0.4, -0.2) is 32.0 Å². The third kappa shape index (κ3) is 4.07. The van der Waals surface area contributed by atoms with Gasteiger partial charge in [0, 0.05) is 18.5 Å². The minimum absolute atomic E-state index is 0.0557. The second-order valence-corrected chi connectivity index (χ2v) is 7.76. The molecule has 2 aromatic heterocycles. The normalized spacial score (nSPS) is 17.9. The molecule has 1 aliphatic carbocycles. The van der Waals surface area contributed by atoms with E-state index in [1.54, 1.807) is 25.6 Å². The highest BCUT2D eigenvalue weighted by Gasteiger charge is 2.29. The lowest BCUT2D eigenvalue weighted by atomic mass is 9.76. The van der Waals surface area contributed by atoms with Gasteiger partial charge in [-0.3, -0.25) is 0 Å². The van der Waals surface area contributed by atoms with Crippen LogP contribution in [0, 0.1) is 5.92 Å². The second-order valence-electron chi connectivity index (χ2n) is 7.76. The van der Waals surface area contributed by atoms with Crippen molar-refractivity contribution in [1.82, 2.24) is 19.7 Å². The smallest absolute Gasteiger partial charge is 0.227 e. The van der Waals surface area contributed by atoms with Crippen LogP contribution in [-0.2, 0) is 13.7 Å². The molecule has 156 valence electrons. The first-order valence-electron chi connectivity index (χ1n) is 10.1. The van der Waals surface area contributed by atoms with Gasteiger partial charge in [-0.05, 0) is 48.6 Å². The van der Waals surface area contributed by atoms with Crippen LogP contribution in [0.1, 0.15) is 37.1 Å². The summed E-state index contributed by atoms with van der Waals surface area (Å²) in [7, 11) is 3.58. The standard InChI is InChI=1S/C15H13NO3.C8H13N3/c1-18-13-8-10(9-17)7-12-14(13)19-15(16-12)11-5-3-2-4-6-11;1-6-3-7(4-6)8-10-9-5-11(8)2/h2-8,17H,9H2,1H3;5-7H,3-4H2,1-2H3. The number of aryl methyl sites for hydroxylation is 1. The SMILES string of the molecule is CC1CC(c2nncn2C)C1.COc1cc(CO)cc2nc(-c3ccccc3)oc12. The van der Waals surface area contributed by atoms with Crippen LogP contribution >= 0.6 is 0 Å². The molecule has 1 N–H and O–H groups in total. The third-order valence-electron chi connectivity index (χ3n) is 5.42. The van der Waals surface area contributed by atoms with E-state index in [4.69, 9.17) is 9.15 Å². The Hall–Kier alpha value is -3.19. The van der Waals surface area contributed by atoms with Crippen molar-refractivity contribution in [3.8, 4) is 17.2 Å². The zero-order chi connectivity index (χ0) is 21.1. The lowest BCUT2D eigenvalue weighted by Crippen LogP contribution is -2.21. The zero-order valence-corrected chi connectivity index (χ0v) is 17.4. The predicted molar refractivity (Wildman–Crippen MR) is 114 cm³/mol. The highest BCUT2D eigenvalue weighted by Crippen LogP contribution is 2.39. The Bertz CT molecular complexity index is 1110. The molecule has 0 atom stereocenters. The van der Waals surface area contributed by atoms with Crippen molar-refractivity contribution in [3.63, 3.8) is 0 Å². The molecule has 5 rings (SSSR count). The van der Waals surface area contributed by atoms with Gasteiger partial charge in [-0.15, -0.1) is 10.2 Å². The largest absolute Gasteiger partial charge is 0.493 e. The molecule has 0 amide bonds. The quantitative estimate of drug-likeness (QED) is 0.543. The number of oxazole rings is 1. The topological polar surface area (TPSA) is 86.2 Å². The van der Waals surface area contributed by atoms with E-state index in [2.05, 4.69) is 22.1 Å². The fourth-order valence-electron chi connectivity index (χ4n) is 3.78. The average Bonchev–Trinajstić information content (AvgIpc) is 3.37. The highest BCUT2D eigenvalue weighted by atomic mass is 16.5. The van der Waals surface area contributed by atoms with Crippen LogP contribution in [0.25, 0.3) is 22.6 Å². The van der Waals surface area contributed by atoms with E-state index >= 15 is 0 Å². The monoisotopic (exact) mass is 406 g/mol. The van der Waals surface area contributed by atoms with E-state index in [0.29, 0.717) is 28.7 Å². The number of nitrogens with zero attached hydrogens (tertiary/aromatic N) is 4. The van der Waals surface area contributed by atoms with Gasteiger partial charge in [0.15, 0.2) is 11.3 Å². The van der Waals surface area contributed by atoms with E-state index in [-0.39, 0.29) is 6.61 Å². The maximum Gasteiger partial charge on any atom is 0.227 e. The first-order valence-corrected chi connectivity index (χ1v) is 10.1. The summed E-state index contributed by atoms with van der Waals surface area (Å²) in [5.74, 6) is 3.84. The van der Waals surface area contributed by atoms with Gasteiger partial charge in [0.05, 0.1) is 13.7 Å². The van der Waals surface area contributed by atoms with E-state index in [9.17, 15) is 5.11 Å². The molecule has 0 saturated heterocycles. The number of benzene rings is 2. The van der Waals surface area contributed by atoms with Gasteiger partial charge in [0.1, 0.15) is 17.7 Å². The summed E-state index contributed by atoms with van der Waals surface area (Å²) in [6, 6.07) is 13.2. The van der Waals surface area contributed by atoms with Gasteiger partial charge in [-0.1, -0.05) is 25.1 Å². The fourth-order valence-corrected chi connectivity index (χ4v) is 3.78. The van der Waals surface area contributed by atoms with Crippen LogP contribution in [0.15, 0.2) is 53.2 Å². The van der Waals surface area contributed by atoms with Gasteiger partial charge < -0.3 is 18.8 Å². The molecule has 0 unspecified atom stereocenters. The third-order valence-corrected chi connectivity index (χ3v) is 5.42. The Kier molecular flexibility index (Phi) is 5.81. The van der Waals surface area contributed by atoms with Crippen molar-refractivity contribution in [2.24, 2.45) is 13.0 Å². The number of hydrogen-bond acceptors (Lipinski definition) is 6. The van der Waals surface area contributed by atoms with Gasteiger partial charge >= 0.3 is 0 Å². The van der Waals surface area contributed by atoms with Crippen molar-refractivity contribution in [3.05, 3.63) is 60.2 Å². The van der Waals surface area contributed by atoms with Crippen molar-refractivity contribution in [2.75, 3.05) is 7.11 Å². The molecular formula is C23H26N4O3. The van der Waals surface area contributed by atoms with Crippen LogP contribution in [0.5, 0.6) is 5.75 Å². The summed E-state index contributed by atoms with van der Waals surface area (Å²) in [6.45, 7) is 2.23. The Morgan fingerprint density at radius 2 is 1.97 bits per heavy atom. The number of fused-ring (bicyclic) bond motifs is 1.